The van der Waals surface area contributed by atoms with Gasteiger partial charge in [-0.15, -0.1) is 13.2 Å². The van der Waals surface area contributed by atoms with Crippen LogP contribution in [0.2, 0.25) is 0 Å². The summed E-state index contributed by atoms with van der Waals surface area (Å²) in [5.74, 6) is -0.491. The number of aromatic nitrogens is 1. The van der Waals surface area contributed by atoms with Crippen LogP contribution in [0.3, 0.4) is 0 Å². The van der Waals surface area contributed by atoms with Gasteiger partial charge in [-0.25, -0.2) is 4.98 Å². The van der Waals surface area contributed by atoms with Gasteiger partial charge in [0.15, 0.2) is 0 Å². The summed E-state index contributed by atoms with van der Waals surface area (Å²) < 4.78 is 39.2. The Balaban J connectivity index is 3.03. The number of nitrogens with two attached hydrogens (primary N) is 1. The average molecular weight is 217 g/mol. The van der Waals surface area contributed by atoms with Crippen LogP contribution >= 0.6 is 0 Å². The maximum absolute atomic E-state index is 11.9. The summed E-state index contributed by atoms with van der Waals surface area (Å²) in [6.45, 7) is -0.0657. The third-order valence-electron chi connectivity index (χ3n) is 1.41. The molecule has 0 aromatic carbocycles. The molecule has 80 valence electrons. The monoisotopic (exact) mass is 217 g/mol. The average Bonchev–Trinajstić information content (AvgIpc) is 2.14. The zero-order valence-corrected chi connectivity index (χ0v) is 7.38. The van der Waals surface area contributed by atoms with E-state index in [1.165, 1.54) is 0 Å². The molecule has 0 saturated heterocycles. The van der Waals surface area contributed by atoms with E-state index in [-0.39, 0.29) is 17.9 Å². The van der Waals surface area contributed by atoms with Crippen LogP contribution in [0, 0.1) is 11.3 Å². The van der Waals surface area contributed by atoms with Gasteiger partial charge >= 0.3 is 6.36 Å². The second-order valence-corrected chi connectivity index (χ2v) is 2.54. The van der Waals surface area contributed by atoms with E-state index in [4.69, 9.17) is 11.0 Å². The van der Waals surface area contributed by atoms with Gasteiger partial charge in [0.25, 0.3) is 0 Å². The summed E-state index contributed by atoms with van der Waals surface area (Å²) in [5.41, 5.74) is 5.19. The predicted octanol–water partition coefficient (Wildman–Crippen LogP) is 1.31. The smallest absolute Gasteiger partial charge is 0.406 e. The van der Waals surface area contributed by atoms with Gasteiger partial charge in [0.2, 0.25) is 0 Å². The molecule has 0 aliphatic heterocycles. The van der Waals surface area contributed by atoms with E-state index in [1.54, 1.807) is 6.07 Å². The topological polar surface area (TPSA) is 71.9 Å². The molecule has 7 heteroatoms. The minimum atomic E-state index is -4.79. The minimum absolute atomic E-state index is 0.0657. The summed E-state index contributed by atoms with van der Waals surface area (Å²) in [4.78, 5) is 3.67. The highest BCUT2D eigenvalue weighted by atomic mass is 19.4. The molecule has 0 amide bonds. The molecule has 0 radical (unpaired) electrons. The number of halogens is 3. The normalized spacial score (nSPS) is 10.9. The lowest BCUT2D eigenvalue weighted by Gasteiger charge is -2.09. The number of rotatable bonds is 2. The third kappa shape index (κ3) is 3.44. The maximum atomic E-state index is 11.9. The second kappa shape index (κ2) is 4.14. The lowest BCUT2D eigenvalue weighted by Crippen LogP contribution is -2.17. The van der Waals surface area contributed by atoms with Crippen molar-refractivity contribution in [2.75, 3.05) is 0 Å². The number of nitriles is 1. The first-order valence-corrected chi connectivity index (χ1v) is 3.81. The van der Waals surface area contributed by atoms with Crippen LogP contribution in [0.25, 0.3) is 0 Å². The molecule has 0 fully saturated rings. The van der Waals surface area contributed by atoms with Crippen LogP contribution < -0.4 is 10.5 Å². The van der Waals surface area contributed by atoms with Crippen molar-refractivity contribution in [1.29, 1.82) is 5.26 Å². The highest BCUT2D eigenvalue weighted by molar-refractivity contribution is 5.33. The molecule has 0 aliphatic carbocycles. The van der Waals surface area contributed by atoms with Crippen molar-refractivity contribution < 1.29 is 17.9 Å². The standard InChI is InChI=1S/C8H6F3N3O/c9-8(10,11)15-7-1-5(3-12)14-6(2-7)4-13/h1-2H,3,12H2. The van der Waals surface area contributed by atoms with Crippen molar-refractivity contribution >= 4 is 0 Å². The van der Waals surface area contributed by atoms with Gasteiger partial charge < -0.3 is 10.5 Å². The van der Waals surface area contributed by atoms with Crippen LogP contribution in [0.4, 0.5) is 13.2 Å². The Hall–Kier alpha value is -1.81. The fraction of sp³-hybridized carbons (Fsp3) is 0.250. The number of pyridine rings is 1. The molecule has 1 heterocycles. The third-order valence-corrected chi connectivity index (χ3v) is 1.41. The summed E-state index contributed by atoms with van der Waals surface area (Å²) in [6, 6.07) is 3.55. The highest BCUT2D eigenvalue weighted by Crippen LogP contribution is 2.23. The van der Waals surface area contributed by atoms with E-state index in [9.17, 15) is 13.2 Å². The van der Waals surface area contributed by atoms with Gasteiger partial charge in [-0.1, -0.05) is 0 Å². The minimum Gasteiger partial charge on any atom is -0.406 e. The van der Waals surface area contributed by atoms with Gasteiger partial charge in [0, 0.05) is 18.7 Å². The molecule has 0 unspecified atom stereocenters. The van der Waals surface area contributed by atoms with Crippen molar-refractivity contribution in [1.82, 2.24) is 4.98 Å². The van der Waals surface area contributed by atoms with E-state index in [2.05, 4.69) is 9.72 Å². The zero-order valence-electron chi connectivity index (χ0n) is 7.38. The maximum Gasteiger partial charge on any atom is 0.573 e. The number of nitrogens with zero attached hydrogens (tertiary/aromatic N) is 2. The Kier molecular flexibility index (Phi) is 3.11. The number of alkyl halides is 3. The predicted molar refractivity (Wildman–Crippen MR) is 43.5 cm³/mol. The van der Waals surface area contributed by atoms with Gasteiger partial charge in [0.1, 0.15) is 17.5 Å². The Morgan fingerprint density at radius 2 is 2.13 bits per heavy atom. The van der Waals surface area contributed by atoms with Crippen LogP contribution in [-0.4, -0.2) is 11.3 Å². The van der Waals surface area contributed by atoms with Crippen molar-refractivity contribution in [2.45, 2.75) is 12.9 Å². The first-order chi connectivity index (χ1) is 6.94. The van der Waals surface area contributed by atoms with Gasteiger partial charge in [-0.05, 0) is 0 Å². The fourth-order valence-electron chi connectivity index (χ4n) is 0.914. The quantitative estimate of drug-likeness (QED) is 0.810. The molecular formula is C8H6F3N3O. The van der Waals surface area contributed by atoms with Gasteiger partial charge in [-0.3, -0.25) is 0 Å². The van der Waals surface area contributed by atoms with Crippen molar-refractivity contribution in [3.63, 3.8) is 0 Å². The molecule has 4 nitrogen and oxygen atoms in total. The molecule has 1 rings (SSSR count). The molecule has 0 bridgehead atoms. The Bertz CT molecular complexity index is 397. The van der Waals surface area contributed by atoms with E-state index < -0.39 is 12.1 Å². The first kappa shape index (κ1) is 11.3. The summed E-state index contributed by atoms with van der Waals surface area (Å²) in [5, 5.41) is 8.49. The lowest BCUT2D eigenvalue weighted by atomic mass is 10.3. The molecule has 2 N–H and O–H groups in total. The molecule has 1 aromatic rings. The largest absolute Gasteiger partial charge is 0.573 e. The summed E-state index contributed by atoms with van der Waals surface area (Å²) >= 11 is 0. The Morgan fingerprint density at radius 3 is 2.60 bits per heavy atom. The van der Waals surface area contributed by atoms with E-state index in [0.717, 1.165) is 12.1 Å². The molecule has 0 aliphatic rings. The van der Waals surface area contributed by atoms with Crippen LogP contribution in [0.1, 0.15) is 11.4 Å². The summed E-state index contributed by atoms with van der Waals surface area (Å²) in [7, 11) is 0. The van der Waals surface area contributed by atoms with Crippen molar-refractivity contribution in [3.05, 3.63) is 23.5 Å². The molecule has 0 atom stereocenters. The summed E-state index contributed by atoms with van der Waals surface area (Å²) in [6.07, 6.45) is -4.79. The van der Waals surface area contributed by atoms with Gasteiger partial charge in [0.05, 0.1) is 5.69 Å². The van der Waals surface area contributed by atoms with Crippen LogP contribution in [-0.2, 0) is 6.54 Å². The second-order valence-electron chi connectivity index (χ2n) is 2.54. The van der Waals surface area contributed by atoms with Crippen LogP contribution in [0.15, 0.2) is 12.1 Å². The molecule has 15 heavy (non-hydrogen) atoms. The SMILES string of the molecule is N#Cc1cc(OC(F)(F)F)cc(CN)n1. The Morgan fingerprint density at radius 1 is 1.47 bits per heavy atom. The van der Waals surface area contributed by atoms with E-state index in [0.29, 0.717) is 0 Å². The lowest BCUT2D eigenvalue weighted by molar-refractivity contribution is -0.274. The van der Waals surface area contributed by atoms with Crippen molar-refractivity contribution in [3.8, 4) is 11.8 Å². The molecule has 1 aromatic heterocycles. The van der Waals surface area contributed by atoms with Crippen LogP contribution in [0.5, 0.6) is 5.75 Å². The number of hydrogen-bond acceptors (Lipinski definition) is 4. The van der Waals surface area contributed by atoms with Gasteiger partial charge in [-0.2, -0.15) is 5.26 Å². The fourth-order valence-corrected chi connectivity index (χ4v) is 0.914. The zero-order chi connectivity index (χ0) is 11.5. The van der Waals surface area contributed by atoms with E-state index in [1.807, 2.05) is 0 Å². The van der Waals surface area contributed by atoms with Crippen molar-refractivity contribution in [2.24, 2.45) is 5.73 Å². The van der Waals surface area contributed by atoms with E-state index >= 15 is 0 Å². The molecule has 0 saturated carbocycles. The molecule has 0 spiro atoms. The highest BCUT2D eigenvalue weighted by Gasteiger charge is 2.31. The first-order valence-electron chi connectivity index (χ1n) is 3.81. The molecular weight excluding hydrogens is 211 g/mol. The number of ether oxygens (including phenoxy) is 1. The number of hydrogen-bond donors (Lipinski definition) is 1. The Labute approximate surface area is 83.1 Å².